The molecule has 4 heteroatoms. The van der Waals surface area contributed by atoms with Crippen LogP contribution in [0, 0.1) is 11.8 Å². The number of carbonyl (C=O) groups is 1. The Morgan fingerprint density at radius 3 is 2.50 bits per heavy atom. The zero-order valence-corrected chi connectivity index (χ0v) is 14.8. The van der Waals surface area contributed by atoms with Crippen LogP contribution in [0.2, 0.25) is 0 Å². The van der Waals surface area contributed by atoms with Crippen LogP contribution in [0.15, 0.2) is 0 Å². The third-order valence-electron chi connectivity index (χ3n) is 5.02. The minimum atomic E-state index is -0.434. The van der Waals surface area contributed by atoms with E-state index in [4.69, 9.17) is 4.74 Å². The van der Waals surface area contributed by atoms with Gasteiger partial charge in [-0.25, -0.2) is 4.79 Å². The molecule has 2 N–H and O–H groups in total. The van der Waals surface area contributed by atoms with Crippen molar-refractivity contribution in [3.63, 3.8) is 0 Å². The highest BCUT2D eigenvalue weighted by molar-refractivity contribution is 5.68. The van der Waals surface area contributed by atoms with Crippen LogP contribution in [0.1, 0.15) is 72.6 Å². The van der Waals surface area contributed by atoms with E-state index in [1.807, 2.05) is 27.7 Å². The Bertz CT molecular complexity index is 365. The maximum atomic E-state index is 11.7. The lowest BCUT2D eigenvalue weighted by molar-refractivity contribution is 0.0506. The van der Waals surface area contributed by atoms with Gasteiger partial charge in [-0.15, -0.1) is 0 Å². The molecule has 4 atom stereocenters. The highest BCUT2D eigenvalue weighted by atomic mass is 16.6. The lowest BCUT2D eigenvalue weighted by atomic mass is 9.69. The minimum absolute atomic E-state index is 0.0962. The van der Waals surface area contributed by atoms with Gasteiger partial charge in [0, 0.05) is 18.6 Å². The fourth-order valence-corrected chi connectivity index (χ4v) is 3.96. The monoisotopic (exact) mass is 310 g/mol. The molecule has 0 aromatic rings. The van der Waals surface area contributed by atoms with Crippen molar-refractivity contribution in [3.05, 3.63) is 0 Å². The number of fused-ring (bicyclic) bond motifs is 1. The molecule has 2 saturated carbocycles. The van der Waals surface area contributed by atoms with Crippen LogP contribution in [-0.2, 0) is 4.74 Å². The van der Waals surface area contributed by atoms with Crippen molar-refractivity contribution in [2.45, 2.75) is 90.3 Å². The summed E-state index contributed by atoms with van der Waals surface area (Å²) in [6.07, 6.45) is 9.42. The van der Waals surface area contributed by atoms with E-state index in [9.17, 15) is 4.79 Å². The van der Waals surface area contributed by atoms with Gasteiger partial charge in [-0.05, 0) is 58.8 Å². The van der Waals surface area contributed by atoms with E-state index < -0.39 is 5.60 Å². The van der Waals surface area contributed by atoms with Gasteiger partial charge in [-0.3, -0.25) is 0 Å². The van der Waals surface area contributed by atoms with Gasteiger partial charge in [-0.1, -0.05) is 25.7 Å². The summed E-state index contributed by atoms with van der Waals surface area (Å²) < 4.78 is 5.29. The number of rotatable bonds is 4. The minimum Gasteiger partial charge on any atom is -0.444 e. The Morgan fingerprint density at radius 2 is 1.82 bits per heavy atom. The van der Waals surface area contributed by atoms with Crippen LogP contribution >= 0.6 is 0 Å². The van der Waals surface area contributed by atoms with Crippen LogP contribution in [-0.4, -0.2) is 30.3 Å². The lowest BCUT2D eigenvalue weighted by Crippen LogP contribution is -2.46. The molecule has 0 heterocycles. The molecule has 2 aliphatic rings. The van der Waals surface area contributed by atoms with Crippen molar-refractivity contribution in [1.82, 2.24) is 10.6 Å². The van der Waals surface area contributed by atoms with Gasteiger partial charge >= 0.3 is 6.09 Å². The summed E-state index contributed by atoms with van der Waals surface area (Å²) in [7, 11) is 0. The Hall–Kier alpha value is -0.770. The van der Waals surface area contributed by atoms with E-state index in [0.717, 1.165) is 18.4 Å². The molecule has 0 bridgehead atoms. The molecule has 4 unspecified atom stereocenters. The Balaban J connectivity index is 1.66. The summed E-state index contributed by atoms with van der Waals surface area (Å²) in [5.41, 5.74) is -0.434. The van der Waals surface area contributed by atoms with Crippen molar-refractivity contribution in [2.75, 3.05) is 6.54 Å². The zero-order valence-electron chi connectivity index (χ0n) is 14.8. The fraction of sp³-hybridized carbons (Fsp3) is 0.944. The fourth-order valence-electron chi connectivity index (χ4n) is 3.96. The summed E-state index contributed by atoms with van der Waals surface area (Å²) in [5, 5.41) is 6.56. The van der Waals surface area contributed by atoms with Crippen molar-refractivity contribution >= 4 is 6.09 Å². The molecule has 2 aliphatic carbocycles. The second-order valence-electron chi connectivity index (χ2n) is 8.27. The number of nitrogens with one attached hydrogen (secondary N) is 2. The molecule has 128 valence electrons. The number of amides is 1. The zero-order chi connectivity index (χ0) is 16.2. The van der Waals surface area contributed by atoms with E-state index in [1.165, 1.54) is 44.9 Å². The molecule has 2 rings (SSSR count). The standard InChI is InChI=1S/C18H34N2O2/c1-13(20-17(21)22-18(2,3)4)12-19-16-10-9-14-7-5-6-8-15(14)11-16/h13-16,19H,5-12H2,1-4H3,(H,20,21). The highest BCUT2D eigenvalue weighted by Gasteiger charge is 2.32. The van der Waals surface area contributed by atoms with Gasteiger partial charge in [0.15, 0.2) is 0 Å². The van der Waals surface area contributed by atoms with E-state index >= 15 is 0 Å². The first-order valence-electron chi connectivity index (χ1n) is 9.06. The van der Waals surface area contributed by atoms with Crippen molar-refractivity contribution in [3.8, 4) is 0 Å². The number of alkyl carbamates (subject to hydrolysis) is 1. The molecular weight excluding hydrogens is 276 g/mol. The molecule has 0 aliphatic heterocycles. The van der Waals surface area contributed by atoms with E-state index in [0.29, 0.717) is 6.04 Å². The third kappa shape index (κ3) is 5.79. The smallest absolute Gasteiger partial charge is 0.407 e. The molecule has 1 amide bonds. The molecule has 0 saturated heterocycles. The molecule has 0 radical (unpaired) electrons. The molecule has 0 aromatic heterocycles. The van der Waals surface area contributed by atoms with Crippen molar-refractivity contribution in [1.29, 1.82) is 0 Å². The van der Waals surface area contributed by atoms with Crippen LogP contribution < -0.4 is 10.6 Å². The van der Waals surface area contributed by atoms with Gasteiger partial charge in [0.1, 0.15) is 5.60 Å². The van der Waals surface area contributed by atoms with Crippen molar-refractivity contribution in [2.24, 2.45) is 11.8 Å². The van der Waals surface area contributed by atoms with Crippen LogP contribution in [0.4, 0.5) is 4.79 Å². The average Bonchev–Trinajstić information content (AvgIpc) is 2.42. The SMILES string of the molecule is CC(CNC1CCC2CCCCC2C1)NC(=O)OC(C)(C)C. The Morgan fingerprint density at radius 1 is 1.14 bits per heavy atom. The number of carbonyl (C=O) groups excluding carboxylic acids is 1. The third-order valence-corrected chi connectivity index (χ3v) is 5.02. The van der Waals surface area contributed by atoms with Crippen LogP contribution in [0.3, 0.4) is 0 Å². The van der Waals surface area contributed by atoms with Gasteiger partial charge < -0.3 is 15.4 Å². The summed E-state index contributed by atoms with van der Waals surface area (Å²) in [6.45, 7) is 8.51. The normalized spacial score (nSPS) is 30.3. The first kappa shape index (κ1) is 17.6. The van der Waals surface area contributed by atoms with Crippen molar-refractivity contribution < 1.29 is 9.53 Å². The first-order chi connectivity index (χ1) is 10.3. The maximum absolute atomic E-state index is 11.7. The molecule has 0 aromatic carbocycles. The lowest BCUT2D eigenvalue weighted by Gasteiger charge is -2.40. The van der Waals surface area contributed by atoms with Gasteiger partial charge in [-0.2, -0.15) is 0 Å². The molecule has 22 heavy (non-hydrogen) atoms. The second kappa shape index (κ2) is 7.67. The summed E-state index contributed by atoms with van der Waals surface area (Å²) in [5.74, 6) is 1.93. The summed E-state index contributed by atoms with van der Waals surface area (Å²) in [4.78, 5) is 11.7. The quantitative estimate of drug-likeness (QED) is 0.829. The second-order valence-corrected chi connectivity index (χ2v) is 8.27. The first-order valence-corrected chi connectivity index (χ1v) is 9.06. The molecule has 4 nitrogen and oxygen atoms in total. The average molecular weight is 310 g/mol. The predicted molar refractivity (Wildman–Crippen MR) is 89.9 cm³/mol. The van der Waals surface area contributed by atoms with Gasteiger partial charge in [0.05, 0.1) is 0 Å². The summed E-state index contributed by atoms with van der Waals surface area (Å²) in [6, 6.07) is 0.723. The highest BCUT2D eigenvalue weighted by Crippen LogP contribution is 2.40. The Labute approximate surface area is 135 Å². The largest absolute Gasteiger partial charge is 0.444 e. The number of hydrogen-bond donors (Lipinski definition) is 2. The van der Waals surface area contributed by atoms with Gasteiger partial charge in [0.2, 0.25) is 0 Å². The summed E-state index contributed by atoms with van der Waals surface area (Å²) >= 11 is 0. The molecule has 0 spiro atoms. The van der Waals surface area contributed by atoms with E-state index in [2.05, 4.69) is 10.6 Å². The molecule has 2 fully saturated rings. The predicted octanol–water partition coefficient (Wildman–Crippen LogP) is 3.85. The van der Waals surface area contributed by atoms with Gasteiger partial charge in [0.25, 0.3) is 0 Å². The van der Waals surface area contributed by atoms with Crippen LogP contribution in [0.25, 0.3) is 0 Å². The Kier molecular flexibility index (Phi) is 6.13. The molecular formula is C18H34N2O2. The van der Waals surface area contributed by atoms with E-state index in [1.54, 1.807) is 0 Å². The van der Waals surface area contributed by atoms with E-state index in [-0.39, 0.29) is 12.1 Å². The topological polar surface area (TPSA) is 50.4 Å². The van der Waals surface area contributed by atoms with Crippen LogP contribution in [0.5, 0.6) is 0 Å². The number of ether oxygens (including phenoxy) is 1. The number of hydrogen-bond acceptors (Lipinski definition) is 3. The maximum Gasteiger partial charge on any atom is 0.407 e.